The minimum atomic E-state index is -3.94. The maximum absolute atomic E-state index is 12.4. The van der Waals surface area contributed by atoms with E-state index < -0.39 is 27.3 Å². The van der Waals surface area contributed by atoms with Gasteiger partial charge < -0.3 is 9.52 Å². The van der Waals surface area contributed by atoms with Crippen molar-refractivity contribution in [3.63, 3.8) is 0 Å². The lowest BCUT2D eigenvalue weighted by Crippen LogP contribution is -2.34. The molecule has 0 aliphatic rings. The molecule has 0 atom stereocenters. The van der Waals surface area contributed by atoms with Gasteiger partial charge in [-0.1, -0.05) is 13.8 Å². The molecule has 1 aromatic heterocycles. The summed E-state index contributed by atoms with van der Waals surface area (Å²) in [5.41, 5.74) is -0.353. The summed E-state index contributed by atoms with van der Waals surface area (Å²) in [6.07, 6.45) is -1.66. The molecule has 8 heteroatoms. The van der Waals surface area contributed by atoms with Crippen LogP contribution in [-0.2, 0) is 10.0 Å². The number of alkyl halides is 2. The molecule has 0 aromatic carbocycles. The molecule has 0 radical (unpaired) electrons. The van der Waals surface area contributed by atoms with Crippen LogP contribution in [0, 0.1) is 5.41 Å². The first-order valence-corrected chi connectivity index (χ1v) is 7.65. The molecule has 0 unspecified atom stereocenters. The molecule has 20 heavy (non-hydrogen) atoms. The summed E-state index contributed by atoms with van der Waals surface area (Å²) >= 11 is 0. The standard InChI is InChI=1S/C12H19F2NO4S/c1-12(2,6-3-7-16)8-15-20(17,18)10-5-4-9(19-10)11(13)14/h4-5,11,15-16H,3,6-8H2,1-2H3. The second-order valence-corrected chi connectivity index (χ2v) is 6.97. The van der Waals surface area contributed by atoms with Gasteiger partial charge in [-0.15, -0.1) is 0 Å². The number of aliphatic hydroxyl groups excluding tert-OH is 1. The van der Waals surface area contributed by atoms with E-state index in [1.165, 1.54) is 0 Å². The minimum absolute atomic E-state index is 0.0338. The number of hydrogen-bond acceptors (Lipinski definition) is 4. The first kappa shape index (κ1) is 17.1. The number of nitrogens with one attached hydrogen (secondary N) is 1. The Labute approximate surface area is 117 Å². The van der Waals surface area contributed by atoms with E-state index >= 15 is 0 Å². The molecule has 0 saturated carbocycles. The lowest BCUT2D eigenvalue weighted by atomic mass is 9.88. The molecule has 1 aromatic rings. The van der Waals surface area contributed by atoms with Crippen molar-refractivity contribution in [3.05, 3.63) is 17.9 Å². The Kier molecular flexibility index (Phi) is 5.67. The van der Waals surface area contributed by atoms with Crippen molar-refractivity contribution >= 4 is 10.0 Å². The smallest absolute Gasteiger partial charge is 0.295 e. The van der Waals surface area contributed by atoms with Gasteiger partial charge in [-0.25, -0.2) is 21.9 Å². The van der Waals surface area contributed by atoms with E-state index in [9.17, 15) is 17.2 Å². The van der Waals surface area contributed by atoms with Gasteiger partial charge in [-0.2, -0.15) is 0 Å². The molecule has 0 spiro atoms. The highest BCUT2D eigenvalue weighted by Gasteiger charge is 2.25. The summed E-state index contributed by atoms with van der Waals surface area (Å²) in [5.74, 6) is -0.676. The zero-order valence-corrected chi connectivity index (χ0v) is 12.2. The predicted molar refractivity (Wildman–Crippen MR) is 69.0 cm³/mol. The van der Waals surface area contributed by atoms with Crippen LogP contribution in [0.15, 0.2) is 21.6 Å². The van der Waals surface area contributed by atoms with Crippen LogP contribution >= 0.6 is 0 Å². The largest absolute Gasteiger partial charge is 0.442 e. The number of sulfonamides is 1. The lowest BCUT2D eigenvalue weighted by molar-refractivity contribution is 0.116. The van der Waals surface area contributed by atoms with Crippen LogP contribution in [0.4, 0.5) is 8.78 Å². The Balaban J connectivity index is 2.69. The first-order valence-electron chi connectivity index (χ1n) is 6.16. The molecule has 0 bridgehead atoms. The zero-order chi connectivity index (χ0) is 15.4. The summed E-state index contributed by atoms with van der Waals surface area (Å²) in [6, 6.07) is 1.95. The van der Waals surface area contributed by atoms with Crippen LogP contribution < -0.4 is 4.72 Å². The maximum Gasteiger partial charge on any atom is 0.295 e. The fourth-order valence-corrected chi connectivity index (χ4v) is 2.78. The monoisotopic (exact) mass is 311 g/mol. The molecule has 0 fully saturated rings. The zero-order valence-electron chi connectivity index (χ0n) is 11.4. The third-order valence-electron chi connectivity index (χ3n) is 2.83. The molecule has 0 amide bonds. The number of furan rings is 1. The van der Waals surface area contributed by atoms with Gasteiger partial charge in [0.15, 0.2) is 5.76 Å². The van der Waals surface area contributed by atoms with Gasteiger partial charge in [-0.05, 0) is 30.4 Å². The fourth-order valence-electron chi connectivity index (χ4n) is 1.60. The fraction of sp³-hybridized carbons (Fsp3) is 0.667. The van der Waals surface area contributed by atoms with Gasteiger partial charge in [0.1, 0.15) is 0 Å². The molecular weight excluding hydrogens is 292 g/mol. The van der Waals surface area contributed by atoms with Crippen molar-refractivity contribution in [2.75, 3.05) is 13.2 Å². The summed E-state index contributed by atoms with van der Waals surface area (Å²) in [7, 11) is -3.94. The molecule has 0 saturated heterocycles. The summed E-state index contributed by atoms with van der Waals surface area (Å²) in [6.45, 7) is 3.85. The van der Waals surface area contributed by atoms with Gasteiger partial charge in [-0.3, -0.25) is 0 Å². The molecule has 0 aliphatic heterocycles. The van der Waals surface area contributed by atoms with Crippen LogP contribution in [0.3, 0.4) is 0 Å². The normalized spacial score (nSPS) is 13.1. The van der Waals surface area contributed by atoms with Gasteiger partial charge in [0.25, 0.3) is 16.4 Å². The maximum atomic E-state index is 12.4. The van der Waals surface area contributed by atoms with Crippen LogP contribution in [0.25, 0.3) is 0 Å². The molecular formula is C12H19F2NO4S. The molecule has 0 aliphatic carbocycles. The third-order valence-corrected chi connectivity index (χ3v) is 4.11. The Bertz CT molecular complexity index is 525. The van der Waals surface area contributed by atoms with E-state index in [1.54, 1.807) is 0 Å². The lowest BCUT2D eigenvalue weighted by Gasteiger charge is -2.24. The quantitative estimate of drug-likeness (QED) is 0.772. The number of hydrogen-bond donors (Lipinski definition) is 2. The van der Waals surface area contributed by atoms with Crippen molar-refractivity contribution in [3.8, 4) is 0 Å². The Hall–Kier alpha value is -0.990. The molecule has 1 heterocycles. The second kappa shape index (κ2) is 6.64. The Morgan fingerprint density at radius 2 is 2.05 bits per heavy atom. The highest BCUT2D eigenvalue weighted by atomic mass is 32.2. The van der Waals surface area contributed by atoms with Gasteiger partial charge in [0, 0.05) is 13.2 Å². The highest BCUT2D eigenvalue weighted by Crippen LogP contribution is 2.25. The van der Waals surface area contributed by atoms with Crippen molar-refractivity contribution in [2.45, 2.75) is 38.2 Å². The van der Waals surface area contributed by atoms with Crippen molar-refractivity contribution in [1.82, 2.24) is 4.72 Å². The Morgan fingerprint density at radius 1 is 1.40 bits per heavy atom. The molecule has 1 rings (SSSR count). The summed E-state index contributed by atoms with van der Waals surface area (Å²) in [4.78, 5) is 0. The van der Waals surface area contributed by atoms with Crippen LogP contribution in [0.1, 0.15) is 38.9 Å². The van der Waals surface area contributed by atoms with Crippen molar-refractivity contribution < 1.29 is 26.7 Å². The molecule has 2 N–H and O–H groups in total. The van der Waals surface area contributed by atoms with Crippen LogP contribution in [0.5, 0.6) is 0 Å². The van der Waals surface area contributed by atoms with Crippen LogP contribution in [-0.4, -0.2) is 26.7 Å². The average Bonchev–Trinajstić information content (AvgIpc) is 2.85. The van der Waals surface area contributed by atoms with E-state index in [0.717, 1.165) is 12.1 Å². The number of halogens is 2. The predicted octanol–water partition coefficient (Wildman–Crippen LogP) is 2.29. The number of aliphatic hydroxyl groups is 1. The Morgan fingerprint density at radius 3 is 2.55 bits per heavy atom. The number of rotatable bonds is 8. The van der Waals surface area contributed by atoms with Crippen molar-refractivity contribution in [2.24, 2.45) is 5.41 Å². The summed E-state index contributed by atoms with van der Waals surface area (Å²) < 4.78 is 55.4. The summed E-state index contributed by atoms with van der Waals surface area (Å²) in [5, 5.41) is 8.24. The van der Waals surface area contributed by atoms with E-state index in [1.807, 2.05) is 13.8 Å². The highest BCUT2D eigenvalue weighted by molar-refractivity contribution is 7.89. The molecule has 116 valence electrons. The van der Waals surface area contributed by atoms with Gasteiger partial charge in [0.2, 0.25) is 5.09 Å². The minimum Gasteiger partial charge on any atom is -0.442 e. The van der Waals surface area contributed by atoms with Crippen LogP contribution in [0.2, 0.25) is 0 Å². The van der Waals surface area contributed by atoms with E-state index in [2.05, 4.69) is 9.14 Å². The second-order valence-electron chi connectivity index (χ2n) is 5.27. The SMILES string of the molecule is CC(C)(CCCO)CNS(=O)(=O)c1ccc(C(F)F)o1. The topological polar surface area (TPSA) is 79.5 Å². The van der Waals surface area contributed by atoms with E-state index in [4.69, 9.17) is 5.11 Å². The van der Waals surface area contributed by atoms with E-state index in [0.29, 0.717) is 12.8 Å². The first-order chi connectivity index (χ1) is 9.18. The molecule has 5 nitrogen and oxygen atoms in total. The average molecular weight is 311 g/mol. The van der Waals surface area contributed by atoms with Crippen molar-refractivity contribution in [1.29, 1.82) is 0 Å². The van der Waals surface area contributed by atoms with Gasteiger partial charge in [0.05, 0.1) is 0 Å². The van der Waals surface area contributed by atoms with Gasteiger partial charge >= 0.3 is 0 Å². The third kappa shape index (κ3) is 4.84. The van der Waals surface area contributed by atoms with E-state index in [-0.39, 0.29) is 18.6 Å².